The maximum Gasteiger partial charge on any atom is 0.335 e. The van der Waals surface area contributed by atoms with Gasteiger partial charge in [0.25, 0.3) is 0 Å². The van der Waals surface area contributed by atoms with Crippen LogP contribution in [0.5, 0.6) is 0 Å². The second kappa shape index (κ2) is 17.8. The molecule has 0 saturated carbocycles. The quantitative estimate of drug-likeness (QED) is 0.105. The standard InChI is InChI=1S/C40H64O8SSi/c1-13-45-35(41)34(46-29-31-19-15-14-16-20-31)28-32-21-17-22-33(27-32)40(10,36(42)48-37(2,3)4)24-18-23-39(8,9)30-49(43,44)26-25-47-50(11,12)38(5,6)7/h14-17,19-22,27,34H,13,18,23-26,28-30H2,1-12H3. The van der Waals surface area contributed by atoms with E-state index in [2.05, 4.69) is 33.9 Å². The first-order valence-corrected chi connectivity index (χ1v) is 22.6. The number of ether oxygens (including phenoxy) is 3. The zero-order valence-electron chi connectivity index (χ0n) is 32.8. The van der Waals surface area contributed by atoms with Gasteiger partial charge in [-0.2, -0.15) is 0 Å². The van der Waals surface area contributed by atoms with Crippen LogP contribution in [0.15, 0.2) is 54.6 Å². The van der Waals surface area contributed by atoms with Crippen LogP contribution in [0, 0.1) is 5.41 Å². The number of esters is 2. The number of sulfone groups is 1. The first-order valence-electron chi connectivity index (χ1n) is 17.9. The van der Waals surface area contributed by atoms with Crippen molar-refractivity contribution < 1.29 is 36.6 Å². The molecule has 2 atom stereocenters. The molecule has 282 valence electrons. The summed E-state index contributed by atoms with van der Waals surface area (Å²) in [7, 11) is -5.41. The summed E-state index contributed by atoms with van der Waals surface area (Å²) >= 11 is 0. The summed E-state index contributed by atoms with van der Waals surface area (Å²) in [4.78, 5) is 26.8. The van der Waals surface area contributed by atoms with Gasteiger partial charge in [-0.3, -0.25) is 4.79 Å². The summed E-state index contributed by atoms with van der Waals surface area (Å²) in [6.07, 6.45) is 1.11. The van der Waals surface area contributed by atoms with Gasteiger partial charge in [0.15, 0.2) is 24.3 Å². The molecule has 2 unspecified atom stereocenters. The smallest absolute Gasteiger partial charge is 0.335 e. The second-order valence-corrected chi connectivity index (χ2v) is 24.0. The summed E-state index contributed by atoms with van der Waals surface area (Å²) in [5.41, 5.74) is 0.326. The molecule has 2 aromatic carbocycles. The molecule has 0 aromatic heterocycles. The lowest BCUT2D eigenvalue weighted by molar-refractivity contribution is -0.162. The highest BCUT2D eigenvalue weighted by molar-refractivity contribution is 7.91. The number of rotatable bonds is 19. The SMILES string of the molecule is CCOC(=O)C(Cc1cccc(C(C)(CCCC(C)(C)CS(=O)(=O)CCO[Si](C)(C)C(C)(C)C)C(=O)OC(C)(C)C)c1)OCc1ccccc1. The Bertz CT molecular complexity index is 1490. The zero-order valence-corrected chi connectivity index (χ0v) is 34.6. The molecule has 0 N–H and O–H groups in total. The third-order valence-corrected chi connectivity index (χ3v) is 16.0. The normalized spacial score (nSPS) is 14.9. The fourth-order valence-corrected chi connectivity index (χ4v) is 8.54. The molecule has 0 bridgehead atoms. The van der Waals surface area contributed by atoms with Crippen molar-refractivity contribution in [3.05, 3.63) is 71.3 Å². The van der Waals surface area contributed by atoms with E-state index in [0.717, 1.165) is 16.7 Å². The number of carbonyl (C=O) groups is 2. The van der Waals surface area contributed by atoms with Crippen LogP contribution in [0.3, 0.4) is 0 Å². The van der Waals surface area contributed by atoms with Crippen molar-refractivity contribution in [2.75, 3.05) is 24.7 Å². The van der Waals surface area contributed by atoms with Crippen molar-refractivity contribution in [2.24, 2.45) is 5.41 Å². The van der Waals surface area contributed by atoms with Gasteiger partial charge >= 0.3 is 11.9 Å². The average Bonchev–Trinajstić information content (AvgIpc) is 2.97. The van der Waals surface area contributed by atoms with E-state index in [-0.39, 0.29) is 48.8 Å². The first kappa shape index (κ1) is 43.6. The molecule has 0 fully saturated rings. The lowest BCUT2D eigenvalue weighted by Gasteiger charge is -2.36. The van der Waals surface area contributed by atoms with Gasteiger partial charge in [0.1, 0.15) is 5.60 Å². The van der Waals surface area contributed by atoms with Crippen LogP contribution in [0.2, 0.25) is 18.1 Å². The van der Waals surface area contributed by atoms with Crippen LogP contribution >= 0.6 is 0 Å². The maximum atomic E-state index is 13.9. The Hall–Kier alpha value is -2.53. The van der Waals surface area contributed by atoms with E-state index in [1.54, 1.807) is 6.92 Å². The Labute approximate surface area is 304 Å². The molecular weight excluding hydrogens is 669 g/mol. The molecule has 0 radical (unpaired) electrons. The highest BCUT2D eigenvalue weighted by atomic mass is 32.2. The van der Waals surface area contributed by atoms with Gasteiger partial charge in [0.2, 0.25) is 0 Å². The molecule has 2 aromatic rings. The lowest BCUT2D eigenvalue weighted by Crippen LogP contribution is -2.42. The van der Waals surface area contributed by atoms with E-state index in [1.807, 2.05) is 96.1 Å². The molecule has 0 aliphatic carbocycles. The van der Waals surface area contributed by atoms with Crippen LogP contribution in [-0.4, -0.2) is 65.1 Å². The Balaban J connectivity index is 2.24. The Morgan fingerprint density at radius 1 is 0.840 bits per heavy atom. The first-order chi connectivity index (χ1) is 22.9. The fourth-order valence-electron chi connectivity index (χ4n) is 5.53. The molecule has 10 heteroatoms. The van der Waals surface area contributed by atoms with Crippen LogP contribution in [0.1, 0.15) is 105 Å². The van der Waals surface area contributed by atoms with E-state index >= 15 is 0 Å². The molecule has 50 heavy (non-hydrogen) atoms. The summed E-state index contributed by atoms with van der Waals surface area (Å²) in [5.74, 6) is -0.754. The fraction of sp³-hybridized carbons (Fsp3) is 0.650. The molecule has 0 saturated heterocycles. The minimum atomic E-state index is -3.36. The molecule has 8 nitrogen and oxygen atoms in total. The largest absolute Gasteiger partial charge is 0.464 e. The van der Waals surface area contributed by atoms with Crippen LogP contribution in [0.4, 0.5) is 0 Å². The van der Waals surface area contributed by atoms with E-state index in [1.165, 1.54) is 0 Å². The number of hydrogen-bond acceptors (Lipinski definition) is 8. The van der Waals surface area contributed by atoms with Crippen molar-refractivity contribution in [2.45, 2.75) is 137 Å². The molecule has 0 heterocycles. The predicted octanol–water partition coefficient (Wildman–Crippen LogP) is 8.61. The van der Waals surface area contributed by atoms with Gasteiger partial charge in [0, 0.05) is 13.0 Å². The zero-order chi connectivity index (χ0) is 38.0. The lowest BCUT2D eigenvalue weighted by atomic mass is 9.75. The van der Waals surface area contributed by atoms with Gasteiger partial charge in [-0.15, -0.1) is 0 Å². The topological polar surface area (TPSA) is 105 Å². The minimum Gasteiger partial charge on any atom is -0.464 e. The van der Waals surface area contributed by atoms with E-state index in [0.29, 0.717) is 19.3 Å². The average molecular weight is 733 g/mol. The summed E-state index contributed by atoms with van der Waals surface area (Å²) in [6, 6.07) is 17.3. The van der Waals surface area contributed by atoms with Crippen LogP contribution < -0.4 is 0 Å². The number of hydrogen-bond donors (Lipinski definition) is 0. The highest BCUT2D eigenvalue weighted by Crippen LogP contribution is 2.38. The van der Waals surface area contributed by atoms with Crippen molar-refractivity contribution in [1.29, 1.82) is 0 Å². The molecular formula is C40H64O8SSi. The highest BCUT2D eigenvalue weighted by Gasteiger charge is 2.40. The van der Waals surface area contributed by atoms with Gasteiger partial charge in [0.05, 0.1) is 30.1 Å². The molecule has 0 aliphatic rings. The summed E-state index contributed by atoms with van der Waals surface area (Å²) < 4.78 is 49.9. The molecule has 2 rings (SSSR count). The minimum absolute atomic E-state index is 0.00673. The van der Waals surface area contributed by atoms with Crippen molar-refractivity contribution in [1.82, 2.24) is 0 Å². The second-order valence-electron chi connectivity index (χ2n) is 17.0. The van der Waals surface area contributed by atoms with Gasteiger partial charge < -0.3 is 18.6 Å². The van der Waals surface area contributed by atoms with Crippen molar-refractivity contribution in [3.8, 4) is 0 Å². The van der Waals surface area contributed by atoms with Gasteiger partial charge in [-0.25, -0.2) is 13.2 Å². The number of benzene rings is 2. The Morgan fingerprint density at radius 2 is 1.46 bits per heavy atom. The van der Waals surface area contributed by atoms with Crippen molar-refractivity contribution >= 4 is 30.1 Å². The number of carbonyl (C=O) groups excluding carboxylic acids is 2. The Morgan fingerprint density at radius 3 is 2.04 bits per heavy atom. The monoisotopic (exact) mass is 732 g/mol. The van der Waals surface area contributed by atoms with Crippen molar-refractivity contribution in [3.63, 3.8) is 0 Å². The Kier molecular flexibility index (Phi) is 15.5. The summed E-state index contributed by atoms with van der Waals surface area (Å²) in [5, 5.41) is 0.00901. The maximum absolute atomic E-state index is 13.9. The van der Waals surface area contributed by atoms with E-state index < -0.39 is 46.7 Å². The molecule has 0 amide bonds. The third kappa shape index (κ3) is 14.2. The molecule has 0 spiro atoms. The summed E-state index contributed by atoms with van der Waals surface area (Å²) in [6.45, 7) is 24.5. The third-order valence-electron chi connectivity index (χ3n) is 9.48. The van der Waals surface area contributed by atoms with Gasteiger partial charge in [-0.05, 0) is 87.7 Å². The van der Waals surface area contributed by atoms with E-state index in [9.17, 15) is 18.0 Å². The van der Waals surface area contributed by atoms with Crippen LogP contribution in [0.25, 0.3) is 0 Å². The predicted molar refractivity (Wildman–Crippen MR) is 204 cm³/mol. The molecule has 0 aliphatic heterocycles. The van der Waals surface area contributed by atoms with E-state index in [4.69, 9.17) is 18.6 Å². The van der Waals surface area contributed by atoms with Gasteiger partial charge in [-0.1, -0.05) is 95.6 Å². The van der Waals surface area contributed by atoms with Crippen LogP contribution in [-0.2, 0) is 56.5 Å².